The van der Waals surface area contributed by atoms with Gasteiger partial charge in [0, 0.05) is 43.3 Å². The molecule has 3 aromatic rings. The predicted molar refractivity (Wildman–Crippen MR) is 128 cm³/mol. The molecule has 2 amide bonds. The monoisotopic (exact) mass is 477 g/mol. The quantitative estimate of drug-likeness (QED) is 0.496. The van der Waals surface area contributed by atoms with Crippen molar-refractivity contribution in [1.29, 1.82) is 0 Å². The number of anilines is 1. The summed E-state index contributed by atoms with van der Waals surface area (Å²) in [7, 11) is 0. The number of piperidine rings is 1. The lowest BCUT2D eigenvalue weighted by molar-refractivity contribution is 0.123. The van der Waals surface area contributed by atoms with Gasteiger partial charge < -0.3 is 10.4 Å². The molecule has 11 heteroatoms. The Morgan fingerprint density at radius 3 is 2.43 bits per heavy atom. The summed E-state index contributed by atoms with van der Waals surface area (Å²) in [5.41, 5.74) is 1.56. The zero-order valence-electron chi connectivity index (χ0n) is 19.1. The van der Waals surface area contributed by atoms with Gasteiger partial charge in [0.15, 0.2) is 0 Å². The molecule has 182 valence electrons. The number of nitrogens with zero attached hydrogens (tertiary/aromatic N) is 5. The van der Waals surface area contributed by atoms with Gasteiger partial charge in [-0.1, -0.05) is 12.1 Å². The number of imidazole rings is 1. The normalized spacial score (nSPS) is 17.6. The van der Waals surface area contributed by atoms with Crippen LogP contribution < -0.4 is 16.3 Å². The molecule has 5 rings (SSSR count). The van der Waals surface area contributed by atoms with E-state index in [1.807, 2.05) is 24.3 Å². The van der Waals surface area contributed by atoms with Crippen molar-refractivity contribution in [3.05, 3.63) is 71.3 Å². The first-order chi connectivity index (χ1) is 16.9. The van der Waals surface area contributed by atoms with Crippen molar-refractivity contribution in [2.24, 2.45) is 0 Å². The molecule has 1 aliphatic heterocycles. The van der Waals surface area contributed by atoms with Crippen molar-refractivity contribution in [1.82, 2.24) is 29.3 Å². The molecule has 0 radical (unpaired) electrons. The number of benzene rings is 1. The van der Waals surface area contributed by atoms with Gasteiger partial charge in [0.2, 0.25) is 0 Å². The van der Waals surface area contributed by atoms with Crippen LogP contribution in [0.5, 0.6) is 0 Å². The average Bonchev–Trinajstić information content (AvgIpc) is 3.39. The number of amides is 2. The van der Waals surface area contributed by atoms with Gasteiger partial charge >= 0.3 is 17.8 Å². The molecule has 2 aromatic heterocycles. The Hall–Kier alpha value is -3.99. The largest absolute Gasteiger partial charge is 0.465 e. The molecule has 3 N–H and O–H groups in total. The van der Waals surface area contributed by atoms with Crippen LogP contribution in [0.1, 0.15) is 31.2 Å². The first-order valence-electron chi connectivity index (χ1n) is 11.6. The number of hydrogen-bond acceptors (Lipinski definition) is 6. The second kappa shape index (κ2) is 9.34. The van der Waals surface area contributed by atoms with Crippen molar-refractivity contribution in [2.75, 3.05) is 18.4 Å². The van der Waals surface area contributed by atoms with E-state index in [0.29, 0.717) is 5.69 Å². The van der Waals surface area contributed by atoms with Crippen molar-refractivity contribution >= 4 is 17.9 Å². The number of carbonyl (C=O) groups is 2. The second-order valence-corrected chi connectivity index (χ2v) is 9.14. The smallest absolute Gasteiger partial charge is 0.404 e. The van der Waals surface area contributed by atoms with E-state index in [9.17, 15) is 14.4 Å². The Balaban J connectivity index is 1.21. The average molecular weight is 478 g/mol. The summed E-state index contributed by atoms with van der Waals surface area (Å²) in [6.45, 7) is 1.79. The van der Waals surface area contributed by atoms with Crippen LogP contribution >= 0.6 is 0 Å². The van der Waals surface area contributed by atoms with Gasteiger partial charge in [0.1, 0.15) is 12.1 Å². The van der Waals surface area contributed by atoms with Gasteiger partial charge in [0.05, 0.1) is 5.69 Å². The summed E-state index contributed by atoms with van der Waals surface area (Å²) in [5.74, 6) is 0.166. The zero-order valence-corrected chi connectivity index (χ0v) is 19.1. The third kappa shape index (κ3) is 5.09. The van der Waals surface area contributed by atoms with E-state index in [-0.39, 0.29) is 17.4 Å². The predicted octanol–water partition coefficient (Wildman–Crippen LogP) is 2.32. The zero-order chi connectivity index (χ0) is 24.4. The highest BCUT2D eigenvalue weighted by molar-refractivity contribution is 5.89. The van der Waals surface area contributed by atoms with Crippen LogP contribution in [-0.4, -0.2) is 65.9 Å². The minimum Gasteiger partial charge on any atom is -0.465 e. The Labute approximate surface area is 201 Å². The topological polar surface area (TPSA) is 134 Å². The molecular formula is C24H27N7O4. The highest BCUT2D eigenvalue weighted by Crippen LogP contribution is 2.45. The van der Waals surface area contributed by atoms with Crippen LogP contribution in [0.4, 0.5) is 15.4 Å². The van der Waals surface area contributed by atoms with Gasteiger partial charge in [-0.3, -0.25) is 19.4 Å². The molecular weight excluding hydrogens is 450 g/mol. The van der Waals surface area contributed by atoms with E-state index >= 15 is 0 Å². The molecule has 1 saturated carbocycles. The Morgan fingerprint density at radius 1 is 1.09 bits per heavy atom. The van der Waals surface area contributed by atoms with Gasteiger partial charge in [0.25, 0.3) is 0 Å². The molecule has 1 aromatic carbocycles. The Morgan fingerprint density at radius 2 is 1.83 bits per heavy atom. The van der Waals surface area contributed by atoms with Crippen LogP contribution in [-0.2, 0) is 6.42 Å². The maximum absolute atomic E-state index is 12.6. The molecule has 0 atom stereocenters. The summed E-state index contributed by atoms with van der Waals surface area (Å²) in [4.78, 5) is 45.8. The summed E-state index contributed by atoms with van der Waals surface area (Å²) in [5, 5.41) is 14.1. The van der Waals surface area contributed by atoms with E-state index in [1.54, 1.807) is 12.3 Å². The van der Waals surface area contributed by atoms with E-state index in [1.165, 1.54) is 33.4 Å². The fourth-order valence-electron chi connectivity index (χ4n) is 4.80. The fourth-order valence-corrected chi connectivity index (χ4v) is 4.80. The highest BCUT2D eigenvalue weighted by atomic mass is 16.4. The molecule has 0 unspecified atom stereocenters. The molecule has 2 fully saturated rings. The summed E-state index contributed by atoms with van der Waals surface area (Å²) in [6, 6.07) is 9.04. The third-order valence-electron chi connectivity index (χ3n) is 6.85. The first kappa shape index (κ1) is 22.8. The number of nitrogens with one attached hydrogen (secondary N) is 2. The number of aromatic nitrogens is 4. The Bertz CT molecular complexity index is 1260. The number of likely N-dealkylation sites (tertiary alicyclic amines) is 1. The van der Waals surface area contributed by atoms with E-state index in [0.717, 1.165) is 45.2 Å². The second-order valence-electron chi connectivity index (χ2n) is 9.14. The number of rotatable bonds is 6. The van der Waals surface area contributed by atoms with Crippen molar-refractivity contribution < 1.29 is 14.7 Å². The van der Waals surface area contributed by atoms with E-state index in [4.69, 9.17) is 5.11 Å². The molecule has 0 bridgehead atoms. The van der Waals surface area contributed by atoms with E-state index in [2.05, 4.69) is 25.5 Å². The minimum atomic E-state index is -0.951. The summed E-state index contributed by atoms with van der Waals surface area (Å²) in [6.07, 6.45) is 9.87. The summed E-state index contributed by atoms with van der Waals surface area (Å²) >= 11 is 0. The highest BCUT2D eigenvalue weighted by Gasteiger charge is 2.48. The number of carbonyl (C=O) groups excluding carboxylic acids is 1. The van der Waals surface area contributed by atoms with Gasteiger partial charge in [-0.25, -0.2) is 19.4 Å². The Kier molecular flexibility index (Phi) is 6.08. The van der Waals surface area contributed by atoms with Crippen molar-refractivity contribution in [2.45, 2.75) is 43.7 Å². The molecule has 0 spiro atoms. The SMILES string of the molecule is O=C(O)NC1CCN(C2(Cc3ccc(-n4ccc(NC(=O)n5ccnc5)nc4=O)cc3)CC2)CC1. The molecule has 11 nitrogen and oxygen atoms in total. The van der Waals surface area contributed by atoms with Gasteiger partial charge in [-0.2, -0.15) is 4.98 Å². The minimum absolute atomic E-state index is 0.0383. The number of carboxylic acid groups (broad SMARTS) is 1. The summed E-state index contributed by atoms with van der Waals surface area (Å²) < 4.78 is 2.69. The molecule has 1 saturated heterocycles. The molecule has 35 heavy (non-hydrogen) atoms. The molecule has 2 aliphatic rings. The maximum Gasteiger partial charge on any atom is 0.404 e. The fraction of sp³-hybridized carbons (Fsp3) is 0.375. The third-order valence-corrected chi connectivity index (χ3v) is 6.85. The first-order valence-corrected chi connectivity index (χ1v) is 11.6. The lowest BCUT2D eigenvalue weighted by Crippen LogP contribution is -2.49. The lowest BCUT2D eigenvalue weighted by Gasteiger charge is -2.38. The van der Waals surface area contributed by atoms with Gasteiger partial charge in [-0.15, -0.1) is 0 Å². The molecule has 3 heterocycles. The van der Waals surface area contributed by atoms with Crippen molar-refractivity contribution in [3.8, 4) is 5.69 Å². The standard InChI is InChI=1S/C24H27N7O4/c32-21(29-14-10-25-16-29)27-20-7-13-31(22(33)28-20)19-3-1-17(2-4-19)15-24(8-9-24)30-11-5-18(6-12-30)26-23(34)35/h1-4,7,10,13-14,16,18,26H,5-6,8-9,11-12,15H2,(H,34,35)(H,27,28,32,33). The van der Waals surface area contributed by atoms with Crippen LogP contribution in [0.15, 0.2) is 60.0 Å². The van der Waals surface area contributed by atoms with Crippen LogP contribution in [0, 0.1) is 0 Å². The van der Waals surface area contributed by atoms with E-state index < -0.39 is 17.8 Å². The van der Waals surface area contributed by atoms with Crippen LogP contribution in [0.25, 0.3) is 5.69 Å². The number of hydrogen-bond donors (Lipinski definition) is 3. The molecule has 1 aliphatic carbocycles. The van der Waals surface area contributed by atoms with Crippen LogP contribution in [0.2, 0.25) is 0 Å². The van der Waals surface area contributed by atoms with Crippen molar-refractivity contribution in [3.63, 3.8) is 0 Å². The lowest BCUT2D eigenvalue weighted by atomic mass is 9.97. The van der Waals surface area contributed by atoms with Gasteiger partial charge in [-0.05, 0) is 55.9 Å². The maximum atomic E-state index is 12.6. The van der Waals surface area contributed by atoms with Crippen LogP contribution in [0.3, 0.4) is 0 Å².